The number of piperidine rings is 1. The van der Waals surface area contributed by atoms with Crippen LogP contribution in [0, 0.1) is 0 Å². The summed E-state index contributed by atoms with van der Waals surface area (Å²) >= 11 is 12.4. The molecule has 0 N–H and O–H groups in total. The maximum Gasteiger partial charge on any atom is 0.219 e. The molecule has 3 aliphatic heterocycles. The monoisotopic (exact) mass is 459 g/mol. The molecule has 162 valence electrons. The number of ether oxygens (including phenoxy) is 2. The van der Waals surface area contributed by atoms with Gasteiger partial charge in [-0.3, -0.25) is 4.79 Å². The summed E-state index contributed by atoms with van der Waals surface area (Å²) in [5, 5.41) is 8.16. The first kappa shape index (κ1) is 20.5. The molecule has 1 amide bonds. The lowest BCUT2D eigenvalue weighted by molar-refractivity contribution is -0.159. The van der Waals surface area contributed by atoms with Crippen LogP contribution in [0.4, 0.5) is 0 Å². The summed E-state index contributed by atoms with van der Waals surface area (Å²) in [4.78, 5) is 13.8. The normalized spacial score (nSPS) is 21.3. The first-order chi connectivity index (χ1) is 14.9. The number of fused-ring (bicyclic) bond motifs is 4. The number of carbonyl (C=O) groups excluding carboxylic acids is 1. The maximum absolute atomic E-state index is 11.9. The summed E-state index contributed by atoms with van der Waals surface area (Å²) in [6, 6.07) is 11.6. The van der Waals surface area contributed by atoms with Crippen molar-refractivity contribution in [3.05, 3.63) is 57.6 Å². The van der Waals surface area contributed by atoms with E-state index in [9.17, 15) is 4.79 Å². The Hall–Kier alpha value is -2.44. The van der Waals surface area contributed by atoms with E-state index in [1.807, 2.05) is 29.2 Å². The van der Waals surface area contributed by atoms with Crippen LogP contribution in [0.1, 0.15) is 43.4 Å². The number of para-hydroxylation sites is 1. The average Bonchev–Trinajstić information content (AvgIpc) is 3.23. The molecule has 1 atom stereocenters. The van der Waals surface area contributed by atoms with Gasteiger partial charge in [0, 0.05) is 44.8 Å². The fraction of sp³-hybridized carbons (Fsp3) is 0.391. The van der Waals surface area contributed by atoms with Crippen LogP contribution in [0.2, 0.25) is 10.0 Å². The highest BCUT2D eigenvalue weighted by Gasteiger charge is 2.52. The molecular formula is C23H23Cl2N3O3. The Balaban J connectivity index is 1.58. The molecule has 0 aromatic heterocycles. The smallest absolute Gasteiger partial charge is 0.219 e. The molecule has 2 aromatic carbocycles. The number of carbonyl (C=O) groups is 1. The van der Waals surface area contributed by atoms with Crippen molar-refractivity contribution in [2.24, 2.45) is 5.10 Å². The van der Waals surface area contributed by atoms with E-state index in [1.165, 1.54) is 0 Å². The van der Waals surface area contributed by atoms with Crippen LogP contribution in [0.25, 0.3) is 0 Å². The van der Waals surface area contributed by atoms with Crippen LogP contribution in [-0.4, -0.2) is 47.5 Å². The number of amides is 1. The molecule has 3 aliphatic rings. The van der Waals surface area contributed by atoms with Crippen LogP contribution in [0.5, 0.6) is 11.5 Å². The minimum Gasteiger partial charge on any atom is -0.493 e. The highest BCUT2D eigenvalue weighted by atomic mass is 35.5. The lowest BCUT2D eigenvalue weighted by Crippen LogP contribution is -2.59. The van der Waals surface area contributed by atoms with E-state index in [-0.39, 0.29) is 11.9 Å². The van der Waals surface area contributed by atoms with Gasteiger partial charge in [0.15, 0.2) is 11.5 Å². The third-order valence-corrected chi connectivity index (χ3v) is 7.19. The molecule has 0 bridgehead atoms. The number of hydrogen-bond donors (Lipinski definition) is 0. The van der Waals surface area contributed by atoms with Crippen molar-refractivity contribution < 1.29 is 14.3 Å². The third kappa shape index (κ3) is 3.33. The number of methoxy groups -OCH3 is 1. The van der Waals surface area contributed by atoms with Gasteiger partial charge >= 0.3 is 0 Å². The van der Waals surface area contributed by atoms with E-state index < -0.39 is 5.72 Å². The number of benzene rings is 2. The van der Waals surface area contributed by atoms with Gasteiger partial charge in [-0.2, -0.15) is 5.10 Å². The number of nitrogens with zero attached hydrogens (tertiary/aromatic N) is 3. The molecule has 31 heavy (non-hydrogen) atoms. The number of hydrazone groups is 1. The average molecular weight is 460 g/mol. The van der Waals surface area contributed by atoms with Gasteiger partial charge in [-0.1, -0.05) is 41.4 Å². The van der Waals surface area contributed by atoms with Crippen molar-refractivity contribution >= 4 is 34.8 Å². The third-order valence-electron chi connectivity index (χ3n) is 6.45. The standard InChI is InChI=1S/C23H23Cl2N3O3/c1-14(29)27-10-8-23(9-11-27)28-20(16-4-3-5-21(30-2)22(16)31-23)13-19(26-28)15-6-7-17(24)18(25)12-15/h3-7,12,20H,8-11,13H2,1-2H3/t20-/m0/s1. The Bertz CT molecular complexity index is 1080. The quantitative estimate of drug-likeness (QED) is 0.641. The van der Waals surface area contributed by atoms with Gasteiger partial charge in [-0.05, 0) is 23.8 Å². The van der Waals surface area contributed by atoms with E-state index in [0.717, 1.165) is 29.0 Å². The predicted octanol–water partition coefficient (Wildman–Crippen LogP) is 4.88. The lowest BCUT2D eigenvalue weighted by Gasteiger charge is -2.51. The summed E-state index contributed by atoms with van der Waals surface area (Å²) in [5.74, 6) is 1.57. The highest BCUT2D eigenvalue weighted by molar-refractivity contribution is 6.42. The Morgan fingerprint density at radius 2 is 1.97 bits per heavy atom. The van der Waals surface area contributed by atoms with Gasteiger partial charge in [0.2, 0.25) is 11.6 Å². The van der Waals surface area contributed by atoms with Crippen molar-refractivity contribution in [1.82, 2.24) is 9.91 Å². The highest BCUT2D eigenvalue weighted by Crippen LogP contribution is 2.52. The van der Waals surface area contributed by atoms with Gasteiger partial charge in [0.1, 0.15) is 0 Å². The number of likely N-dealkylation sites (tertiary alicyclic amines) is 1. The fourth-order valence-electron chi connectivity index (χ4n) is 4.78. The first-order valence-corrected chi connectivity index (χ1v) is 11.1. The summed E-state index contributed by atoms with van der Waals surface area (Å²) in [7, 11) is 1.66. The molecule has 0 saturated carbocycles. The first-order valence-electron chi connectivity index (χ1n) is 10.4. The molecule has 5 rings (SSSR count). The molecule has 1 spiro atoms. The van der Waals surface area contributed by atoms with E-state index in [0.29, 0.717) is 41.7 Å². The largest absolute Gasteiger partial charge is 0.493 e. The molecule has 8 heteroatoms. The zero-order valence-electron chi connectivity index (χ0n) is 17.4. The Morgan fingerprint density at radius 3 is 2.65 bits per heavy atom. The van der Waals surface area contributed by atoms with Crippen LogP contribution in [0.3, 0.4) is 0 Å². The van der Waals surface area contributed by atoms with Crippen LogP contribution >= 0.6 is 23.2 Å². The molecule has 2 aromatic rings. The second-order valence-corrected chi connectivity index (χ2v) is 8.99. The van der Waals surface area contributed by atoms with Gasteiger partial charge in [0.25, 0.3) is 0 Å². The van der Waals surface area contributed by atoms with E-state index >= 15 is 0 Å². The van der Waals surface area contributed by atoms with Gasteiger partial charge < -0.3 is 14.4 Å². The van der Waals surface area contributed by atoms with Gasteiger partial charge in [-0.25, -0.2) is 5.01 Å². The molecule has 0 radical (unpaired) electrons. The van der Waals surface area contributed by atoms with Crippen molar-refractivity contribution in [1.29, 1.82) is 0 Å². The van der Waals surface area contributed by atoms with Crippen molar-refractivity contribution in [2.45, 2.75) is 38.0 Å². The zero-order valence-corrected chi connectivity index (χ0v) is 18.9. The van der Waals surface area contributed by atoms with E-state index in [4.69, 9.17) is 37.8 Å². The fourth-order valence-corrected chi connectivity index (χ4v) is 5.08. The minimum atomic E-state index is -0.629. The summed E-state index contributed by atoms with van der Waals surface area (Å²) < 4.78 is 12.3. The van der Waals surface area contributed by atoms with Gasteiger partial charge in [-0.15, -0.1) is 0 Å². The molecule has 0 aliphatic carbocycles. The maximum atomic E-state index is 11.9. The second-order valence-electron chi connectivity index (χ2n) is 8.17. The van der Waals surface area contributed by atoms with Crippen LogP contribution < -0.4 is 9.47 Å². The summed E-state index contributed by atoms with van der Waals surface area (Å²) in [6.45, 7) is 2.86. The molecule has 6 nitrogen and oxygen atoms in total. The van der Waals surface area contributed by atoms with Crippen molar-refractivity contribution in [3.8, 4) is 11.5 Å². The van der Waals surface area contributed by atoms with Crippen LogP contribution in [-0.2, 0) is 4.79 Å². The van der Waals surface area contributed by atoms with Crippen molar-refractivity contribution in [3.63, 3.8) is 0 Å². The molecule has 0 unspecified atom stereocenters. The predicted molar refractivity (Wildman–Crippen MR) is 120 cm³/mol. The Morgan fingerprint density at radius 1 is 1.19 bits per heavy atom. The minimum absolute atomic E-state index is 0.0205. The number of rotatable bonds is 2. The van der Waals surface area contributed by atoms with Crippen molar-refractivity contribution in [2.75, 3.05) is 20.2 Å². The summed E-state index contributed by atoms with van der Waals surface area (Å²) in [5.41, 5.74) is 2.31. The number of hydrogen-bond acceptors (Lipinski definition) is 5. The van der Waals surface area contributed by atoms with Gasteiger partial charge in [0.05, 0.1) is 28.9 Å². The van der Waals surface area contributed by atoms with E-state index in [1.54, 1.807) is 20.1 Å². The Labute approximate surface area is 191 Å². The zero-order chi connectivity index (χ0) is 21.8. The SMILES string of the molecule is COc1cccc2c1OC1(CCN(C(C)=O)CC1)N1N=C(c3ccc(Cl)c(Cl)c3)C[C@@H]21. The molecule has 1 fully saturated rings. The lowest BCUT2D eigenvalue weighted by atomic mass is 9.90. The summed E-state index contributed by atoms with van der Waals surface area (Å²) in [6.07, 6.45) is 2.05. The second kappa shape index (κ2) is 7.61. The molecule has 3 heterocycles. The van der Waals surface area contributed by atoms with Crippen LogP contribution in [0.15, 0.2) is 41.5 Å². The number of halogens is 2. The topological polar surface area (TPSA) is 54.4 Å². The Kier molecular flexibility index (Phi) is 5.02. The molecular weight excluding hydrogens is 437 g/mol. The molecule has 1 saturated heterocycles. The van der Waals surface area contributed by atoms with E-state index in [2.05, 4.69) is 11.1 Å².